The summed E-state index contributed by atoms with van der Waals surface area (Å²) in [6.07, 6.45) is 1.89. The van der Waals surface area contributed by atoms with Gasteiger partial charge in [0.25, 0.3) is 11.7 Å². The maximum atomic E-state index is 13.5. The number of amides is 1. The molecule has 1 aromatic heterocycles. The van der Waals surface area contributed by atoms with Gasteiger partial charge < -0.3 is 19.1 Å². The fourth-order valence-corrected chi connectivity index (χ4v) is 5.06. The maximum absolute atomic E-state index is 13.5. The molecule has 1 fully saturated rings. The standard InChI is InChI=1S/C28H21ClN2O5/c1-30-15-20(19-4-2-3-5-21(19)30)25-24(26(32)16-6-11-22-23(14-16)36-13-12-35-22)27(33)28(34)31(25)18-9-7-17(29)8-10-18/h2-11,14-15,25,32H,12-13H2,1H3/b26-24+. The van der Waals surface area contributed by atoms with Crippen LogP contribution in [0.1, 0.15) is 17.2 Å². The average Bonchev–Trinajstić information content (AvgIpc) is 3.37. The predicted octanol–water partition coefficient (Wildman–Crippen LogP) is 5.23. The van der Waals surface area contributed by atoms with E-state index in [-0.39, 0.29) is 11.3 Å². The van der Waals surface area contributed by atoms with Gasteiger partial charge in [0.1, 0.15) is 19.0 Å². The van der Waals surface area contributed by atoms with Crippen molar-refractivity contribution in [1.82, 2.24) is 4.57 Å². The Bertz CT molecular complexity index is 1570. The van der Waals surface area contributed by atoms with Crippen LogP contribution in [-0.4, -0.2) is 34.6 Å². The molecule has 1 N–H and O–H groups in total. The Morgan fingerprint density at radius 3 is 2.47 bits per heavy atom. The molecule has 3 aromatic carbocycles. The molecule has 4 aromatic rings. The van der Waals surface area contributed by atoms with Crippen molar-refractivity contribution in [2.24, 2.45) is 7.05 Å². The van der Waals surface area contributed by atoms with Crippen molar-refractivity contribution >= 4 is 45.6 Å². The lowest BCUT2D eigenvalue weighted by atomic mass is 9.94. The summed E-state index contributed by atoms with van der Waals surface area (Å²) in [4.78, 5) is 28.4. The van der Waals surface area contributed by atoms with Gasteiger partial charge in [-0.3, -0.25) is 14.5 Å². The monoisotopic (exact) mass is 500 g/mol. The number of ether oxygens (including phenoxy) is 2. The lowest BCUT2D eigenvalue weighted by Crippen LogP contribution is -2.29. The van der Waals surface area contributed by atoms with Crippen molar-refractivity contribution in [1.29, 1.82) is 0 Å². The van der Waals surface area contributed by atoms with Crippen molar-refractivity contribution in [2.75, 3.05) is 18.1 Å². The quantitative estimate of drug-likeness (QED) is 0.237. The summed E-state index contributed by atoms with van der Waals surface area (Å²) < 4.78 is 13.2. The van der Waals surface area contributed by atoms with Crippen LogP contribution in [0, 0.1) is 0 Å². The van der Waals surface area contributed by atoms with E-state index in [1.165, 1.54) is 4.90 Å². The summed E-state index contributed by atoms with van der Waals surface area (Å²) in [7, 11) is 1.90. The van der Waals surface area contributed by atoms with Crippen molar-refractivity contribution in [3.8, 4) is 11.5 Å². The number of halogens is 1. The van der Waals surface area contributed by atoms with Crippen LogP contribution in [0.25, 0.3) is 16.7 Å². The van der Waals surface area contributed by atoms with E-state index in [4.69, 9.17) is 21.1 Å². The number of hydrogen-bond donors (Lipinski definition) is 1. The Kier molecular flexibility index (Phi) is 5.23. The molecular weight excluding hydrogens is 480 g/mol. The second-order valence-electron chi connectivity index (χ2n) is 8.72. The average molecular weight is 501 g/mol. The molecule has 6 rings (SSSR count). The third-order valence-electron chi connectivity index (χ3n) is 6.59. The second kappa shape index (κ2) is 8.46. The zero-order chi connectivity index (χ0) is 25.0. The van der Waals surface area contributed by atoms with Crippen LogP contribution >= 0.6 is 11.6 Å². The molecule has 36 heavy (non-hydrogen) atoms. The fourth-order valence-electron chi connectivity index (χ4n) is 4.93. The molecule has 3 heterocycles. The number of aliphatic hydroxyl groups is 1. The number of ketones is 1. The van der Waals surface area contributed by atoms with E-state index in [1.54, 1.807) is 42.5 Å². The minimum absolute atomic E-state index is 0.00276. The number of nitrogens with zero attached hydrogens (tertiary/aromatic N) is 2. The lowest BCUT2D eigenvalue weighted by molar-refractivity contribution is -0.132. The van der Waals surface area contributed by atoms with Crippen LogP contribution in [0.15, 0.2) is 78.5 Å². The number of anilines is 1. The molecule has 1 amide bonds. The highest BCUT2D eigenvalue weighted by Crippen LogP contribution is 2.45. The largest absolute Gasteiger partial charge is 0.507 e. The number of aryl methyl sites for hydroxylation is 1. The molecule has 2 aliphatic rings. The molecular formula is C28H21ClN2O5. The molecule has 0 bridgehead atoms. The third kappa shape index (κ3) is 3.43. The first-order chi connectivity index (χ1) is 17.4. The molecule has 0 saturated carbocycles. The number of carbonyl (C=O) groups is 2. The number of para-hydroxylation sites is 1. The van der Waals surface area contributed by atoms with Crippen LogP contribution in [0.2, 0.25) is 5.02 Å². The van der Waals surface area contributed by atoms with E-state index < -0.39 is 17.7 Å². The molecule has 8 heteroatoms. The fraction of sp³-hybridized carbons (Fsp3) is 0.143. The minimum Gasteiger partial charge on any atom is -0.507 e. The topological polar surface area (TPSA) is 81.0 Å². The van der Waals surface area contributed by atoms with Crippen LogP contribution in [-0.2, 0) is 16.6 Å². The molecule has 1 unspecified atom stereocenters. The Hall–Kier alpha value is -4.23. The maximum Gasteiger partial charge on any atom is 0.300 e. The highest BCUT2D eigenvalue weighted by molar-refractivity contribution is 6.52. The number of Topliss-reactive ketones (excluding diaryl/α,β-unsaturated/α-hetero) is 1. The zero-order valence-electron chi connectivity index (χ0n) is 19.3. The predicted molar refractivity (Wildman–Crippen MR) is 137 cm³/mol. The van der Waals surface area contributed by atoms with Crippen LogP contribution in [0.5, 0.6) is 11.5 Å². The number of aliphatic hydroxyl groups excluding tert-OH is 1. The zero-order valence-corrected chi connectivity index (χ0v) is 20.0. The van der Waals surface area contributed by atoms with Gasteiger partial charge in [0.15, 0.2) is 11.5 Å². The summed E-state index contributed by atoms with van der Waals surface area (Å²) in [6.45, 7) is 0.819. The first-order valence-electron chi connectivity index (χ1n) is 11.4. The molecule has 180 valence electrons. The van der Waals surface area contributed by atoms with Gasteiger partial charge in [-0.25, -0.2) is 0 Å². The Morgan fingerprint density at radius 1 is 0.972 bits per heavy atom. The summed E-state index contributed by atoms with van der Waals surface area (Å²) in [6, 6.07) is 18.6. The molecule has 0 spiro atoms. The number of aromatic nitrogens is 1. The highest BCUT2D eigenvalue weighted by atomic mass is 35.5. The van der Waals surface area contributed by atoms with Gasteiger partial charge in [0.2, 0.25) is 0 Å². The number of fused-ring (bicyclic) bond motifs is 2. The van der Waals surface area contributed by atoms with Gasteiger partial charge in [-0.1, -0.05) is 29.8 Å². The Morgan fingerprint density at radius 2 is 1.69 bits per heavy atom. The van der Waals surface area contributed by atoms with Gasteiger partial charge in [-0.2, -0.15) is 0 Å². The van der Waals surface area contributed by atoms with Crippen LogP contribution in [0.4, 0.5) is 5.69 Å². The van der Waals surface area contributed by atoms with Crippen molar-refractivity contribution in [3.05, 3.63) is 94.6 Å². The van der Waals surface area contributed by atoms with Crippen molar-refractivity contribution < 1.29 is 24.2 Å². The summed E-state index contributed by atoms with van der Waals surface area (Å²) in [5.74, 6) is -0.742. The van der Waals surface area contributed by atoms with Crippen LogP contribution in [0.3, 0.4) is 0 Å². The number of benzene rings is 3. The van der Waals surface area contributed by atoms with E-state index in [2.05, 4.69) is 0 Å². The molecule has 1 saturated heterocycles. The molecule has 0 radical (unpaired) electrons. The van der Waals surface area contributed by atoms with Gasteiger partial charge in [-0.15, -0.1) is 0 Å². The summed E-state index contributed by atoms with van der Waals surface area (Å²) in [5.41, 5.74) is 2.53. The number of hydrogen-bond acceptors (Lipinski definition) is 5. The van der Waals surface area contributed by atoms with E-state index >= 15 is 0 Å². The van der Waals surface area contributed by atoms with E-state index in [0.717, 1.165) is 16.5 Å². The normalized spacial score (nSPS) is 18.7. The smallest absolute Gasteiger partial charge is 0.300 e. The Labute approximate surface area is 211 Å². The van der Waals surface area contributed by atoms with E-state index in [1.807, 2.05) is 42.1 Å². The van der Waals surface area contributed by atoms with Gasteiger partial charge in [0, 0.05) is 46.0 Å². The van der Waals surface area contributed by atoms with E-state index in [0.29, 0.717) is 41.0 Å². The van der Waals surface area contributed by atoms with Crippen molar-refractivity contribution in [2.45, 2.75) is 6.04 Å². The number of rotatable bonds is 3. The van der Waals surface area contributed by atoms with Crippen molar-refractivity contribution in [3.63, 3.8) is 0 Å². The van der Waals surface area contributed by atoms with Gasteiger partial charge in [0.05, 0.1) is 11.6 Å². The third-order valence-corrected chi connectivity index (χ3v) is 6.84. The molecule has 7 nitrogen and oxygen atoms in total. The highest BCUT2D eigenvalue weighted by Gasteiger charge is 2.48. The lowest BCUT2D eigenvalue weighted by Gasteiger charge is -2.25. The van der Waals surface area contributed by atoms with Crippen LogP contribution < -0.4 is 14.4 Å². The first-order valence-corrected chi connectivity index (χ1v) is 11.8. The Balaban J connectivity index is 1.59. The van der Waals surface area contributed by atoms with Gasteiger partial charge >= 0.3 is 0 Å². The molecule has 0 aliphatic carbocycles. The number of carbonyl (C=O) groups excluding carboxylic acids is 2. The summed E-state index contributed by atoms with van der Waals surface area (Å²) >= 11 is 6.09. The molecule has 1 atom stereocenters. The van der Waals surface area contributed by atoms with E-state index in [9.17, 15) is 14.7 Å². The molecule has 2 aliphatic heterocycles. The van der Waals surface area contributed by atoms with Gasteiger partial charge in [-0.05, 0) is 48.5 Å². The summed E-state index contributed by atoms with van der Waals surface area (Å²) in [5, 5.41) is 12.9. The SMILES string of the molecule is Cn1cc(C2/C(=C(\O)c3ccc4c(c3)OCCO4)C(=O)C(=O)N2c2ccc(Cl)cc2)c2ccccc21. The minimum atomic E-state index is -0.856. The first kappa shape index (κ1) is 22.2. The second-order valence-corrected chi connectivity index (χ2v) is 9.15.